The Bertz CT molecular complexity index is 1140. The van der Waals surface area contributed by atoms with Crippen LogP contribution in [0.2, 0.25) is 0 Å². The third-order valence-corrected chi connectivity index (χ3v) is 8.63. The van der Waals surface area contributed by atoms with E-state index in [1.807, 2.05) is 13.0 Å². The molecule has 5 atom stereocenters. The molecule has 2 aromatic rings. The number of rotatable bonds is 9. The van der Waals surface area contributed by atoms with Gasteiger partial charge in [0.2, 0.25) is 0 Å². The van der Waals surface area contributed by atoms with Gasteiger partial charge in [0, 0.05) is 30.0 Å². The summed E-state index contributed by atoms with van der Waals surface area (Å²) >= 11 is 0. The van der Waals surface area contributed by atoms with Gasteiger partial charge >= 0.3 is 23.5 Å². The van der Waals surface area contributed by atoms with Crippen LogP contribution in [0.25, 0.3) is 11.0 Å². The van der Waals surface area contributed by atoms with Crippen molar-refractivity contribution in [1.29, 1.82) is 0 Å². The number of hydrogen-bond acceptors (Lipinski definition) is 9. The lowest BCUT2D eigenvalue weighted by Gasteiger charge is -2.47. The Morgan fingerprint density at radius 3 is 2.42 bits per heavy atom. The van der Waals surface area contributed by atoms with Gasteiger partial charge in [-0.25, -0.2) is 23.7 Å². The molecule has 0 saturated heterocycles. The van der Waals surface area contributed by atoms with Crippen LogP contribution >= 0.6 is 23.5 Å². The van der Waals surface area contributed by atoms with Crippen LogP contribution in [0.3, 0.4) is 0 Å². The molecule has 1 aliphatic rings. The number of aliphatic hydroxyl groups excluding tert-OH is 1. The maximum Gasteiger partial charge on any atom is 0.490 e. The summed E-state index contributed by atoms with van der Waals surface area (Å²) in [6.45, 7) is 4.88. The van der Waals surface area contributed by atoms with Gasteiger partial charge in [-0.15, -0.1) is 0 Å². The summed E-state index contributed by atoms with van der Waals surface area (Å²) in [5.74, 6) is -1.12. The lowest BCUT2D eigenvalue weighted by atomic mass is 9.66. The van der Waals surface area contributed by atoms with Gasteiger partial charge in [0.15, 0.2) is 0 Å². The van der Waals surface area contributed by atoms with Crippen molar-refractivity contribution in [3.63, 3.8) is 0 Å². The van der Waals surface area contributed by atoms with Gasteiger partial charge in [-0.2, -0.15) is 8.62 Å². The van der Waals surface area contributed by atoms with Crippen molar-refractivity contribution >= 4 is 34.5 Å². The van der Waals surface area contributed by atoms with Crippen molar-refractivity contribution in [2.75, 3.05) is 13.2 Å². The molecule has 2 unspecified atom stereocenters. The second-order valence-electron chi connectivity index (χ2n) is 6.78. The third-order valence-electron chi connectivity index (χ3n) is 4.83. The SMILES string of the molecule is C=C1[C@@H](n2ccc3c(C)ncnc32)[C@H](CO)[C@H]1COP(=O)(O)OP(=O)(O)OP(=O)(O)O. The topological polar surface area (TPSA) is 211 Å². The van der Waals surface area contributed by atoms with E-state index in [0.717, 1.165) is 11.1 Å². The zero-order valence-corrected chi connectivity index (χ0v) is 18.6. The van der Waals surface area contributed by atoms with Crippen LogP contribution in [-0.2, 0) is 26.8 Å². The fourth-order valence-corrected chi connectivity index (χ4v) is 6.56. The average Bonchev–Trinajstić information content (AvgIpc) is 3.01. The molecule has 1 aliphatic carbocycles. The number of aliphatic hydroxyl groups is 1. The second kappa shape index (κ2) is 8.58. The van der Waals surface area contributed by atoms with Gasteiger partial charge in [-0.3, -0.25) is 4.52 Å². The van der Waals surface area contributed by atoms with E-state index >= 15 is 0 Å². The summed E-state index contributed by atoms with van der Waals surface area (Å²) in [5, 5.41) is 10.6. The van der Waals surface area contributed by atoms with Gasteiger partial charge in [-0.1, -0.05) is 6.58 Å². The Morgan fingerprint density at radius 1 is 1.13 bits per heavy atom. The van der Waals surface area contributed by atoms with Crippen molar-refractivity contribution in [2.45, 2.75) is 13.0 Å². The van der Waals surface area contributed by atoms with Crippen LogP contribution in [0, 0.1) is 18.8 Å². The zero-order chi connectivity index (χ0) is 23.2. The first kappa shape index (κ1) is 24.4. The third kappa shape index (κ3) is 5.39. The number of hydrogen-bond donors (Lipinski definition) is 5. The highest BCUT2D eigenvalue weighted by Gasteiger charge is 2.48. The number of fused-ring (bicyclic) bond motifs is 1. The Hall–Kier alpha value is -1.27. The second-order valence-corrected chi connectivity index (χ2v) is 11.2. The molecular formula is C14H20N3O11P3. The molecule has 0 aromatic carbocycles. The molecule has 2 aromatic heterocycles. The molecule has 0 amide bonds. The highest BCUT2D eigenvalue weighted by atomic mass is 31.3. The van der Waals surface area contributed by atoms with Gasteiger partial charge in [-0.05, 0) is 18.6 Å². The Kier molecular flexibility index (Phi) is 6.75. The predicted octanol–water partition coefficient (Wildman–Crippen LogP) is 1.42. The summed E-state index contributed by atoms with van der Waals surface area (Å²) in [5.41, 5.74) is 1.91. The van der Waals surface area contributed by atoms with E-state index < -0.39 is 48.0 Å². The molecule has 0 aliphatic heterocycles. The van der Waals surface area contributed by atoms with Gasteiger partial charge in [0.05, 0.1) is 18.3 Å². The molecular weight excluding hydrogens is 479 g/mol. The molecule has 172 valence electrons. The van der Waals surface area contributed by atoms with Crippen molar-refractivity contribution in [1.82, 2.24) is 14.5 Å². The van der Waals surface area contributed by atoms with E-state index in [2.05, 4.69) is 29.7 Å². The van der Waals surface area contributed by atoms with E-state index in [1.165, 1.54) is 6.33 Å². The molecule has 31 heavy (non-hydrogen) atoms. The summed E-state index contributed by atoms with van der Waals surface area (Å²) in [6.07, 6.45) is 3.15. The van der Waals surface area contributed by atoms with Crippen LogP contribution < -0.4 is 0 Å². The molecule has 5 N–H and O–H groups in total. The van der Waals surface area contributed by atoms with E-state index in [9.17, 15) is 28.6 Å². The van der Waals surface area contributed by atoms with Crippen molar-refractivity contribution in [3.8, 4) is 0 Å². The van der Waals surface area contributed by atoms with Crippen LogP contribution in [0.1, 0.15) is 11.7 Å². The predicted molar refractivity (Wildman–Crippen MR) is 104 cm³/mol. The maximum absolute atomic E-state index is 11.9. The Balaban J connectivity index is 1.70. The Labute approximate surface area is 175 Å². The van der Waals surface area contributed by atoms with Crippen molar-refractivity contribution in [3.05, 3.63) is 36.4 Å². The molecule has 1 fully saturated rings. The molecule has 17 heteroatoms. The smallest absolute Gasteiger partial charge is 0.396 e. The summed E-state index contributed by atoms with van der Waals surface area (Å²) < 4.78 is 47.8. The first-order chi connectivity index (χ1) is 14.2. The number of aromatic nitrogens is 3. The lowest BCUT2D eigenvalue weighted by molar-refractivity contribution is 0.0502. The molecule has 0 spiro atoms. The summed E-state index contributed by atoms with van der Waals surface area (Å²) in [4.78, 5) is 44.3. The first-order valence-electron chi connectivity index (χ1n) is 8.61. The van der Waals surface area contributed by atoms with Gasteiger partial charge < -0.3 is 29.2 Å². The fraction of sp³-hybridized carbons (Fsp3) is 0.429. The van der Waals surface area contributed by atoms with E-state index in [0.29, 0.717) is 11.2 Å². The Morgan fingerprint density at radius 2 is 1.81 bits per heavy atom. The summed E-state index contributed by atoms with van der Waals surface area (Å²) in [6, 6.07) is 1.41. The molecule has 0 bridgehead atoms. The first-order valence-corrected chi connectivity index (χ1v) is 13.1. The minimum Gasteiger partial charge on any atom is -0.396 e. The molecule has 1 saturated carbocycles. The number of aryl methyl sites for hydroxylation is 1. The maximum atomic E-state index is 11.9. The monoisotopic (exact) mass is 499 g/mol. The van der Waals surface area contributed by atoms with Crippen molar-refractivity contribution < 1.29 is 51.5 Å². The van der Waals surface area contributed by atoms with Crippen LogP contribution in [0.5, 0.6) is 0 Å². The molecule has 14 nitrogen and oxygen atoms in total. The average molecular weight is 499 g/mol. The normalized spacial score (nSPS) is 25.7. The van der Waals surface area contributed by atoms with Crippen LogP contribution in [0.15, 0.2) is 30.7 Å². The lowest BCUT2D eigenvalue weighted by Crippen LogP contribution is -2.45. The van der Waals surface area contributed by atoms with Gasteiger partial charge in [0.1, 0.15) is 12.0 Å². The quantitative estimate of drug-likeness (QED) is 0.244. The van der Waals surface area contributed by atoms with Crippen LogP contribution in [-0.4, -0.2) is 52.4 Å². The summed E-state index contributed by atoms with van der Waals surface area (Å²) in [7, 11) is -16.3. The zero-order valence-electron chi connectivity index (χ0n) is 16.0. The number of phosphoric ester groups is 1. The molecule has 3 rings (SSSR count). The van der Waals surface area contributed by atoms with E-state index in [1.54, 1.807) is 10.8 Å². The molecule has 0 radical (unpaired) electrons. The van der Waals surface area contributed by atoms with Gasteiger partial charge in [0.25, 0.3) is 0 Å². The fourth-order valence-electron chi connectivity index (χ4n) is 3.51. The standard InChI is InChI=1S/C14H20N3O11P3/c1-8-12(6-26-30(22,23)28-31(24,25)27-29(19,20)21)11(5-18)13(8)17-4-3-10-9(2)15-7-16-14(10)17/h3-4,7,11-13,18H,1,5-6H2,2H3,(H,22,23)(H,24,25)(H2,19,20,21)/t11-,12+,13-/m1/s1. The van der Waals surface area contributed by atoms with E-state index in [4.69, 9.17) is 9.79 Å². The van der Waals surface area contributed by atoms with Crippen molar-refractivity contribution in [2.24, 2.45) is 11.8 Å². The highest BCUT2D eigenvalue weighted by molar-refractivity contribution is 7.66. The minimum atomic E-state index is -5.60. The number of phosphoric acid groups is 3. The minimum absolute atomic E-state index is 0.335. The molecule has 2 heterocycles. The van der Waals surface area contributed by atoms with E-state index in [-0.39, 0.29) is 6.61 Å². The number of nitrogens with zero attached hydrogens (tertiary/aromatic N) is 3. The van der Waals surface area contributed by atoms with Crippen LogP contribution in [0.4, 0.5) is 0 Å². The highest BCUT2D eigenvalue weighted by Crippen LogP contribution is 2.66. The largest absolute Gasteiger partial charge is 0.490 e.